The van der Waals surface area contributed by atoms with Crippen LogP contribution in [0.5, 0.6) is 5.88 Å². The fourth-order valence-electron chi connectivity index (χ4n) is 3.14. The number of methoxy groups -OCH3 is 1. The number of ether oxygens (including phenoxy) is 2. The Morgan fingerprint density at radius 2 is 2.04 bits per heavy atom. The van der Waals surface area contributed by atoms with E-state index in [1.54, 1.807) is 13.2 Å². The molecule has 0 spiro atoms. The predicted molar refractivity (Wildman–Crippen MR) is 93.5 cm³/mol. The highest BCUT2D eigenvalue weighted by Gasteiger charge is 2.34. The van der Waals surface area contributed by atoms with Crippen molar-refractivity contribution in [3.63, 3.8) is 0 Å². The van der Waals surface area contributed by atoms with Crippen LogP contribution in [0, 0.1) is 0 Å². The van der Waals surface area contributed by atoms with Gasteiger partial charge in [0, 0.05) is 25.7 Å². The second-order valence-corrected chi connectivity index (χ2v) is 6.31. The summed E-state index contributed by atoms with van der Waals surface area (Å²) in [6, 6.07) is 13.1. The van der Waals surface area contributed by atoms with Gasteiger partial charge in [0.15, 0.2) is 5.58 Å². The van der Waals surface area contributed by atoms with Crippen LogP contribution in [-0.2, 0) is 17.9 Å². The second kappa shape index (κ2) is 7.39. The van der Waals surface area contributed by atoms with E-state index in [9.17, 15) is 4.39 Å². The van der Waals surface area contributed by atoms with Crippen molar-refractivity contribution < 1.29 is 18.3 Å². The molecule has 1 aromatic carbocycles. The molecule has 3 heterocycles. The van der Waals surface area contributed by atoms with Crippen LogP contribution in [0.2, 0.25) is 0 Å². The van der Waals surface area contributed by atoms with Gasteiger partial charge in [-0.25, -0.2) is 14.4 Å². The van der Waals surface area contributed by atoms with E-state index in [0.29, 0.717) is 37.0 Å². The molecule has 136 valence electrons. The lowest BCUT2D eigenvalue weighted by Crippen LogP contribution is -2.24. The normalized spacial score (nSPS) is 20.7. The highest BCUT2D eigenvalue weighted by atomic mass is 19.1. The van der Waals surface area contributed by atoms with E-state index < -0.39 is 12.3 Å². The minimum atomic E-state index is -1.05. The fourth-order valence-corrected chi connectivity index (χ4v) is 3.14. The summed E-state index contributed by atoms with van der Waals surface area (Å²) < 4.78 is 30.8. The maximum atomic E-state index is 14.3. The number of pyridine rings is 1. The summed E-state index contributed by atoms with van der Waals surface area (Å²) in [5.41, 5.74) is 2.33. The number of alkyl halides is 1. The Balaban J connectivity index is 1.34. The first kappa shape index (κ1) is 16.9. The van der Waals surface area contributed by atoms with Crippen molar-refractivity contribution in [3.05, 3.63) is 54.0 Å². The van der Waals surface area contributed by atoms with Crippen LogP contribution in [-0.4, -0.2) is 47.3 Å². The molecule has 6 nitrogen and oxygen atoms in total. The topological polar surface area (TPSA) is 60.6 Å². The molecule has 0 saturated carbocycles. The highest BCUT2D eigenvalue weighted by molar-refractivity contribution is 5.72. The zero-order chi connectivity index (χ0) is 17.9. The van der Waals surface area contributed by atoms with Crippen LogP contribution < -0.4 is 4.74 Å². The number of benzene rings is 1. The molecular formula is C19H20FN3O3. The van der Waals surface area contributed by atoms with E-state index in [1.165, 1.54) is 0 Å². The number of fused-ring (bicyclic) bond motifs is 1. The van der Waals surface area contributed by atoms with Crippen LogP contribution in [0.25, 0.3) is 11.1 Å². The van der Waals surface area contributed by atoms with E-state index in [4.69, 9.17) is 13.9 Å². The van der Waals surface area contributed by atoms with E-state index in [1.807, 2.05) is 41.3 Å². The number of hydrogen-bond donors (Lipinski definition) is 0. The zero-order valence-electron chi connectivity index (χ0n) is 14.5. The Morgan fingerprint density at radius 1 is 1.15 bits per heavy atom. The van der Waals surface area contributed by atoms with Gasteiger partial charge in [-0.3, -0.25) is 4.90 Å². The predicted octanol–water partition coefficient (Wildman–Crippen LogP) is 2.97. The molecule has 7 heteroatoms. The summed E-state index contributed by atoms with van der Waals surface area (Å²) in [5.74, 6) is 1.02. The molecule has 2 aromatic heterocycles. The van der Waals surface area contributed by atoms with Crippen molar-refractivity contribution in [2.75, 3.05) is 20.2 Å². The molecule has 0 N–H and O–H groups in total. The molecule has 1 aliphatic heterocycles. The summed E-state index contributed by atoms with van der Waals surface area (Å²) in [6.07, 6.45) is -1.55. The molecule has 0 amide bonds. The van der Waals surface area contributed by atoms with Crippen LogP contribution in [0.3, 0.4) is 0 Å². The Hall–Kier alpha value is -2.51. The average Bonchev–Trinajstić information content (AvgIpc) is 3.22. The van der Waals surface area contributed by atoms with Crippen molar-refractivity contribution in [3.8, 4) is 5.88 Å². The van der Waals surface area contributed by atoms with E-state index in [2.05, 4.69) is 9.97 Å². The third kappa shape index (κ3) is 3.68. The molecule has 1 fully saturated rings. The highest BCUT2D eigenvalue weighted by Crippen LogP contribution is 2.22. The Morgan fingerprint density at radius 3 is 2.88 bits per heavy atom. The van der Waals surface area contributed by atoms with Gasteiger partial charge in [-0.1, -0.05) is 18.2 Å². The standard InChI is InChI=1S/C19H20FN3O3/c1-24-18-8-4-5-13(21-18)9-23-10-14(20)17(11-23)25-12-19-22-15-6-2-3-7-16(15)26-19/h2-8,14,17H,9-12H2,1H3/t14-,17+/m1/s1. The van der Waals surface area contributed by atoms with Gasteiger partial charge in [-0.2, -0.15) is 0 Å². The lowest BCUT2D eigenvalue weighted by atomic mass is 10.3. The zero-order valence-corrected chi connectivity index (χ0v) is 14.5. The van der Waals surface area contributed by atoms with Gasteiger partial charge in [-0.15, -0.1) is 0 Å². The van der Waals surface area contributed by atoms with E-state index in [0.717, 1.165) is 11.2 Å². The number of likely N-dealkylation sites (tertiary alicyclic amines) is 1. The minimum Gasteiger partial charge on any atom is -0.481 e. The third-order valence-corrected chi connectivity index (χ3v) is 4.41. The molecule has 0 bridgehead atoms. The first-order valence-corrected chi connectivity index (χ1v) is 8.53. The third-order valence-electron chi connectivity index (χ3n) is 4.41. The molecule has 0 unspecified atom stereocenters. The summed E-state index contributed by atoms with van der Waals surface area (Å²) in [4.78, 5) is 10.7. The monoisotopic (exact) mass is 357 g/mol. The first-order valence-electron chi connectivity index (χ1n) is 8.53. The van der Waals surface area contributed by atoms with Crippen molar-refractivity contribution in [2.45, 2.75) is 25.4 Å². The number of para-hydroxylation sites is 2. The van der Waals surface area contributed by atoms with Crippen molar-refractivity contribution in [1.82, 2.24) is 14.9 Å². The maximum Gasteiger partial charge on any atom is 0.221 e. The molecule has 2 atom stereocenters. The number of aromatic nitrogens is 2. The summed E-state index contributed by atoms with van der Waals surface area (Å²) >= 11 is 0. The molecule has 0 radical (unpaired) electrons. The fraction of sp³-hybridized carbons (Fsp3) is 0.368. The number of rotatable bonds is 6. The van der Waals surface area contributed by atoms with Crippen molar-refractivity contribution in [1.29, 1.82) is 0 Å². The average molecular weight is 357 g/mol. The molecule has 0 aliphatic carbocycles. The van der Waals surface area contributed by atoms with Gasteiger partial charge in [0.2, 0.25) is 11.8 Å². The van der Waals surface area contributed by atoms with Crippen LogP contribution >= 0.6 is 0 Å². The van der Waals surface area contributed by atoms with Gasteiger partial charge < -0.3 is 13.9 Å². The molecule has 1 saturated heterocycles. The Labute approximate surface area is 150 Å². The smallest absolute Gasteiger partial charge is 0.221 e. The lowest BCUT2D eigenvalue weighted by molar-refractivity contribution is 0.00236. The number of nitrogens with zero attached hydrogens (tertiary/aromatic N) is 3. The van der Waals surface area contributed by atoms with Gasteiger partial charge in [0.05, 0.1) is 12.8 Å². The first-order chi connectivity index (χ1) is 12.7. The van der Waals surface area contributed by atoms with E-state index >= 15 is 0 Å². The number of hydrogen-bond acceptors (Lipinski definition) is 6. The van der Waals surface area contributed by atoms with Crippen LogP contribution in [0.4, 0.5) is 4.39 Å². The number of oxazole rings is 1. The van der Waals surface area contributed by atoms with Crippen LogP contribution in [0.1, 0.15) is 11.6 Å². The van der Waals surface area contributed by atoms with Crippen molar-refractivity contribution >= 4 is 11.1 Å². The second-order valence-electron chi connectivity index (χ2n) is 6.31. The van der Waals surface area contributed by atoms with Crippen molar-refractivity contribution in [2.24, 2.45) is 0 Å². The molecule has 4 rings (SSSR count). The van der Waals surface area contributed by atoms with Gasteiger partial charge in [-0.05, 0) is 18.2 Å². The summed E-state index contributed by atoms with van der Waals surface area (Å²) in [7, 11) is 1.58. The molecule has 26 heavy (non-hydrogen) atoms. The maximum absolute atomic E-state index is 14.3. The van der Waals surface area contributed by atoms with Crippen LogP contribution in [0.15, 0.2) is 46.9 Å². The summed E-state index contributed by atoms with van der Waals surface area (Å²) in [6.45, 7) is 1.53. The quantitative estimate of drug-likeness (QED) is 0.676. The molecular weight excluding hydrogens is 337 g/mol. The summed E-state index contributed by atoms with van der Waals surface area (Å²) in [5, 5.41) is 0. The lowest BCUT2D eigenvalue weighted by Gasteiger charge is -2.15. The van der Waals surface area contributed by atoms with E-state index in [-0.39, 0.29) is 6.61 Å². The minimum absolute atomic E-state index is 0.158. The van der Waals surface area contributed by atoms with Gasteiger partial charge in [0.25, 0.3) is 0 Å². The largest absolute Gasteiger partial charge is 0.481 e. The SMILES string of the molecule is COc1cccc(CN2C[C@@H](F)[C@@H](OCc3nc4ccccc4o3)C2)n1. The van der Waals surface area contributed by atoms with Gasteiger partial charge >= 0.3 is 0 Å². The number of halogens is 1. The Kier molecular flexibility index (Phi) is 4.81. The van der Waals surface area contributed by atoms with Gasteiger partial charge in [0.1, 0.15) is 24.4 Å². The molecule has 3 aromatic rings. The molecule has 1 aliphatic rings. The Bertz CT molecular complexity index is 852.